The van der Waals surface area contributed by atoms with Crippen molar-refractivity contribution in [3.05, 3.63) is 29.1 Å². The Morgan fingerprint density at radius 1 is 1.44 bits per heavy atom. The molecule has 1 atom stereocenters. The second kappa shape index (κ2) is 5.85. The Morgan fingerprint density at radius 3 is 2.50 bits per heavy atom. The van der Waals surface area contributed by atoms with Gasteiger partial charge >= 0.3 is 0 Å². The number of carbonyl (C=O) groups is 1. The van der Waals surface area contributed by atoms with Gasteiger partial charge in [0.15, 0.2) is 0 Å². The van der Waals surface area contributed by atoms with Crippen LogP contribution in [-0.4, -0.2) is 11.9 Å². The highest BCUT2D eigenvalue weighted by Gasteiger charge is 2.15. The summed E-state index contributed by atoms with van der Waals surface area (Å²) in [5.41, 5.74) is 6.54. The van der Waals surface area contributed by atoms with Gasteiger partial charge in [0.2, 0.25) is 5.91 Å². The molecule has 18 heavy (non-hydrogen) atoms. The fraction of sp³-hybridized carbons (Fsp3) is 0.500. The van der Waals surface area contributed by atoms with Crippen LogP contribution >= 0.6 is 0 Å². The lowest BCUT2D eigenvalue weighted by molar-refractivity contribution is 0.1000. The molecule has 0 fully saturated rings. The molecule has 1 rings (SSSR count). The number of halogens is 1. The standard InChI is InChI=1S/C14H21FN2O/c1-5-12(8(2)3)17-13-7-10(14(16)18)6-11(15)9(13)4/h6-8,12,17H,5H2,1-4H3,(H2,16,18). The zero-order valence-electron chi connectivity index (χ0n) is 11.4. The maximum absolute atomic E-state index is 13.7. The van der Waals surface area contributed by atoms with E-state index in [9.17, 15) is 9.18 Å². The van der Waals surface area contributed by atoms with Gasteiger partial charge in [0.25, 0.3) is 0 Å². The predicted octanol–water partition coefficient (Wildman–Crippen LogP) is 3.08. The van der Waals surface area contributed by atoms with Gasteiger partial charge in [0, 0.05) is 22.9 Å². The minimum absolute atomic E-state index is 0.194. The van der Waals surface area contributed by atoms with Crippen molar-refractivity contribution in [1.29, 1.82) is 0 Å². The summed E-state index contributed by atoms with van der Waals surface area (Å²) >= 11 is 0. The van der Waals surface area contributed by atoms with E-state index in [0.29, 0.717) is 17.2 Å². The summed E-state index contributed by atoms with van der Waals surface area (Å²) in [4.78, 5) is 11.1. The molecule has 3 nitrogen and oxygen atoms in total. The van der Waals surface area contributed by atoms with Crippen LogP contribution in [0, 0.1) is 18.7 Å². The number of rotatable bonds is 5. The van der Waals surface area contributed by atoms with E-state index in [1.54, 1.807) is 13.0 Å². The maximum atomic E-state index is 13.7. The second-order valence-corrected chi connectivity index (χ2v) is 4.90. The van der Waals surface area contributed by atoms with E-state index in [1.807, 2.05) is 0 Å². The van der Waals surface area contributed by atoms with Crippen LogP contribution in [0.15, 0.2) is 12.1 Å². The fourth-order valence-corrected chi connectivity index (χ4v) is 1.91. The molecule has 0 aliphatic carbocycles. The van der Waals surface area contributed by atoms with Gasteiger partial charge in [0.05, 0.1) is 0 Å². The number of anilines is 1. The molecule has 1 amide bonds. The topological polar surface area (TPSA) is 55.1 Å². The highest BCUT2D eigenvalue weighted by atomic mass is 19.1. The molecule has 1 aromatic carbocycles. The lowest BCUT2D eigenvalue weighted by Crippen LogP contribution is -2.25. The fourth-order valence-electron chi connectivity index (χ4n) is 1.91. The SMILES string of the molecule is CCC(Nc1cc(C(N)=O)cc(F)c1C)C(C)C. The number of nitrogens with one attached hydrogen (secondary N) is 1. The van der Waals surface area contributed by atoms with Crippen molar-refractivity contribution in [2.45, 2.75) is 40.2 Å². The Kier molecular flexibility index (Phi) is 4.70. The number of primary amides is 1. The smallest absolute Gasteiger partial charge is 0.248 e. The molecule has 100 valence electrons. The summed E-state index contributed by atoms with van der Waals surface area (Å²) in [6.45, 7) is 7.96. The summed E-state index contributed by atoms with van der Waals surface area (Å²) < 4.78 is 13.7. The van der Waals surface area contributed by atoms with E-state index in [4.69, 9.17) is 5.73 Å². The van der Waals surface area contributed by atoms with Crippen LogP contribution < -0.4 is 11.1 Å². The molecule has 4 heteroatoms. The molecule has 0 bridgehead atoms. The first kappa shape index (κ1) is 14.5. The minimum atomic E-state index is -0.616. The van der Waals surface area contributed by atoms with Gasteiger partial charge in [-0.25, -0.2) is 4.39 Å². The van der Waals surface area contributed by atoms with Gasteiger partial charge in [-0.05, 0) is 31.4 Å². The van der Waals surface area contributed by atoms with Gasteiger partial charge in [-0.1, -0.05) is 20.8 Å². The molecule has 0 aromatic heterocycles. The van der Waals surface area contributed by atoms with Crippen LogP contribution in [-0.2, 0) is 0 Å². The summed E-state index contributed by atoms with van der Waals surface area (Å²) in [5.74, 6) is -0.600. The van der Waals surface area contributed by atoms with E-state index in [1.165, 1.54) is 6.07 Å². The quantitative estimate of drug-likeness (QED) is 0.846. The molecule has 0 saturated heterocycles. The molecule has 0 radical (unpaired) electrons. The number of nitrogens with two attached hydrogens (primary N) is 1. The van der Waals surface area contributed by atoms with E-state index in [0.717, 1.165) is 6.42 Å². The lowest BCUT2D eigenvalue weighted by atomic mass is 10.00. The summed E-state index contributed by atoms with van der Waals surface area (Å²) in [6.07, 6.45) is 0.930. The van der Waals surface area contributed by atoms with Crippen molar-refractivity contribution >= 4 is 11.6 Å². The minimum Gasteiger partial charge on any atom is -0.382 e. The summed E-state index contributed by atoms with van der Waals surface area (Å²) in [7, 11) is 0. The zero-order valence-corrected chi connectivity index (χ0v) is 11.4. The van der Waals surface area contributed by atoms with Crippen LogP contribution in [0.4, 0.5) is 10.1 Å². The number of benzene rings is 1. The summed E-state index contributed by atoms with van der Waals surface area (Å²) in [5, 5.41) is 3.28. The third-order valence-corrected chi connectivity index (χ3v) is 3.21. The monoisotopic (exact) mass is 252 g/mol. The molecule has 0 aliphatic heterocycles. The van der Waals surface area contributed by atoms with Crippen molar-refractivity contribution < 1.29 is 9.18 Å². The largest absolute Gasteiger partial charge is 0.382 e. The highest BCUT2D eigenvalue weighted by Crippen LogP contribution is 2.23. The molecule has 3 N–H and O–H groups in total. The van der Waals surface area contributed by atoms with E-state index < -0.39 is 11.7 Å². The Bertz CT molecular complexity index is 444. The molecule has 1 aromatic rings. The zero-order chi connectivity index (χ0) is 13.9. The Labute approximate surface area is 108 Å². The van der Waals surface area contributed by atoms with Crippen molar-refractivity contribution in [2.24, 2.45) is 11.7 Å². The Balaban J connectivity index is 3.11. The number of hydrogen-bond acceptors (Lipinski definition) is 2. The first-order valence-electron chi connectivity index (χ1n) is 6.23. The highest BCUT2D eigenvalue weighted by molar-refractivity contribution is 5.94. The van der Waals surface area contributed by atoms with E-state index >= 15 is 0 Å². The van der Waals surface area contributed by atoms with Crippen molar-refractivity contribution in [1.82, 2.24) is 0 Å². The molecule has 0 spiro atoms. The Morgan fingerprint density at radius 2 is 2.06 bits per heavy atom. The van der Waals surface area contributed by atoms with E-state index in [2.05, 4.69) is 26.1 Å². The van der Waals surface area contributed by atoms with Gasteiger partial charge in [0.1, 0.15) is 5.82 Å². The van der Waals surface area contributed by atoms with Crippen molar-refractivity contribution in [2.75, 3.05) is 5.32 Å². The third-order valence-electron chi connectivity index (χ3n) is 3.21. The van der Waals surface area contributed by atoms with Gasteiger partial charge in [-0.15, -0.1) is 0 Å². The first-order chi connectivity index (χ1) is 8.36. The van der Waals surface area contributed by atoms with Crippen LogP contribution in [0.3, 0.4) is 0 Å². The van der Waals surface area contributed by atoms with Crippen LogP contribution in [0.5, 0.6) is 0 Å². The second-order valence-electron chi connectivity index (χ2n) is 4.90. The lowest BCUT2D eigenvalue weighted by Gasteiger charge is -2.23. The molecule has 0 saturated carbocycles. The predicted molar refractivity (Wildman–Crippen MR) is 72.2 cm³/mol. The maximum Gasteiger partial charge on any atom is 0.248 e. The van der Waals surface area contributed by atoms with Crippen LogP contribution in [0.1, 0.15) is 43.1 Å². The number of hydrogen-bond donors (Lipinski definition) is 2. The average Bonchev–Trinajstić information content (AvgIpc) is 2.30. The first-order valence-corrected chi connectivity index (χ1v) is 6.23. The molecule has 1 unspecified atom stereocenters. The van der Waals surface area contributed by atoms with Gasteiger partial charge < -0.3 is 11.1 Å². The van der Waals surface area contributed by atoms with Gasteiger partial charge in [-0.2, -0.15) is 0 Å². The van der Waals surface area contributed by atoms with Crippen LogP contribution in [0.2, 0.25) is 0 Å². The van der Waals surface area contributed by atoms with Crippen molar-refractivity contribution in [3.63, 3.8) is 0 Å². The number of amides is 1. The third kappa shape index (κ3) is 3.22. The normalized spacial score (nSPS) is 12.6. The Hall–Kier alpha value is -1.58. The molecule has 0 heterocycles. The van der Waals surface area contributed by atoms with Crippen LogP contribution in [0.25, 0.3) is 0 Å². The number of carbonyl (C=O) groups excluding carboxylic acids is 1. The van der Waals surface area contributed by atoms with Gasteiger partial charge in [-0.3, -0.25) is 4.79 Å². The molecule has 0 aliphatic rings. The van der Waals surface area contributed by atoms with E-state index in [-0.39, 0.29) is 11.6 Å². The molecular weight excluding hydrogens is 231 g/mol. The average molecular weight is 252 g/mol. The molecular formula is C14H21FN2O. The van der Waals surface area contributed by atoms with Crippen molar-refractivity contribution in [3.8, 4) is 0 Å². The summed E-state index contributed by atoms with van der Waals surface area (Å²) in [6, 6.07) is 3.04.